The summed E-state index contributed by atoms with van der Waals surface area (Å²) in [7, 11) is 0. The van der Waals surface area contributed by atoms with Gasteiger partial charge < -0.3 is 12.4 Å². The number of nitrogens with zero attached hydrogens (tertiary/aromatic N) is 3. The summed E-state index contributed by atoms with van der Waals surface area (Å²) in [6.45, 7) is 8.27. The third kappa shape index (κ3) is 3.72. The number of rotatable bonds is 4. The fourth-order valence-corrected chi connectivity index (χ4v) is 1.96. The quantitative estimate of drug-likeness (QED) is 0.274. The molecule has 114 valence electrons. The van der Waals surface area contributed by atoms with Crippen LogP contribution >= 0.6 is 0 Å². The van der Waals surface area contributed by atoms with Gasteiger partial charge in [-0.15, -0.1) is 9.78 Å². The fourth-order valence-electron chi connectivity index (χ4n) is 1.96. The van der Waals surface area contributed by atoms with E-state index in [-0.39, 0.29) is 12.4 Å². The molecule has 2 rings (SSSR count). The van der Waals surface area contributed by atoms with Crippen molar-refractivity contribution in [3.05, 3.63) is 40.2 Å². The van der Waals surface area contributed by atoms with Crippen LogP contribution < -0.4 is 28.4 Å². The van der Waals surface area contributed by atoms with Crippen molar-refractivity contribution in [2.45, 2.75) is 34.1 Å². The Bertz CT molecular complexity index is 647. The predicted molar refractivity (Wildman–Crippen MR) is 80.2 cm³/mol. The number of halogens is 1. The van der Waals surface area contributed by atoms with E-state index in [9.17, 15) is 0 Å². The molecular formula is C14H21ClN6. The Labute approximate surface area is 130 Å². The normalized spacial score (nSPS) is 10.7. The molecular weight excluding hydrogens is 288 g/mol. The van der Waals surface area contributed by atoms with Gasteiger partial charge in [0.2, 0.25) is 5.82 Å². The zero-order valence-corrected chi connectivity index (χ0v) is 13.5. The second-order valence-corrected chi connectivity index (χ2v) is 4.88. The monoisotopic (exact) mass is 308 g/mol. The Morgan fingerprint density at radius 3 is 2.57 bits per heavy atom. The molecule has 7 heteroatoms. The van der Waals surface area contributed by atoms with Gasteiger partial charge in [-0.3, -0.25) is 5.84 Å². The van der Waals surface area contributed by atoms with E-state index in [1.165, 1.54) is 21.4 Å². The zero-order chi connectivity index (χ0) is 14.7. The van der Waals surface area contributed by atoms with Crippen LogP contribution in [-0.2, 0) is 6.42 Å². The largest absolute Gasteiger partial charge is 1.00 e. The minimum atomic E-state index is 0. The van der Waals surface area contributed by atoms with Gasteiger partial charge in [-0.1, -0.05) is 13.0 Å². The number of hydrazone groups is 1. The number of aryl methyl sites for hydroxylation is 4. The Morgan fingerprint density at radius 1 is 1.29 bits per heavy atom. The lowest BCUT2D eigenvalue weighted by molar-refractivity contribution is -0.632. The molecule has 21 heavy (non-hydrogen) atoms. The van der Waals surface area contributed by atoms with Crippen LogP contribution in [0.25, 0.3) is 0 Å². The summed E-state index contributed by atoms with van der Waals surface area (Å²) >= 11 is 0. The van der Waals surface area contributed by atoms with Crippen LogP contribution in [0, 0.1) is 20.8 Å². The van der Waals surface area contributed by atoms with Crippen molar-refractivity contribution in [1.82, 2.24) is 10.2 Å². The van der Waals surface area contributed by atoms with Crippen LogP contribution in [0.3, 0.4) is 0 Å². The average molecular weight is 309 g/mol. The second-order valence-electron chi connectivity index (χ2n) is 4.88. The van der Waals surface area contributed by atoms with E-state index in [1.54, 1.807) is 6.21 Å². The number of aromatic amines is 1. The molecule has 2 aromatic rings. The number of nitrogens with one attached hydrogen (secondary N) is 2. The van der Waals surface area contributed by atoms with Crippen molar-refractivity contribution < 1.29 is 17.1 Å². The predicted octanol–water partition coefficient (Wildman–Crippen LogP) is -1.65. The van der Waals surface area contributed by atoms with Gasteiger partial charge in [0.25, 0.3) is 0 Å². The maximum atomic E-state index is 5.85. The number of benzene rings is 1. The maximum absolute atomic E-state index is 5.85. The van der Waals surface area contributed by atoms with E-state index in [4.69, 9.17) is 5.84 Å². The summed E-state index contributed by atoms with van der Waals surface area (Å²) in [5, 5.41) is 11.1. The minimum Gasteiger partial charge on any atom is -1.00 e. The molecule has 1 heterocycles. The summed E-state index contributed by atoms with van der Waals surface area (Å²) < 4.78 is 1.46. The van der Waals surface area contributed by atoms with Crippen LogP contribution in [0.2, 0.25) is 0 Å². The second kappa shape index (κ2) is 7.08. The Morgan fingerprint density at radius 2 is 1.95 bits per heavy atom. The highest BCUT2D eigenvalue weighted by Crippen LogP contribution is 2.13. The molecule has 0 aliphatic carbocycles. The molecule has 1 aromatic carbocycles. The highest BCUT2D eigenvalue weighted by atomic mass is 35.5. The molecule has 0 aliphatic rings. The van der Waals surface area contributed by atoms with E-state index in [0.29, 0.717) is 5.95 Å². The molecule has 0 saturated heterocycles. The molecule has 0 radical (unpaired) electrons. The lowest BCUT2D eigenvalue weighted by atomic mass is 10.0. The number of aromatic nitrogens is 3. The van der Waals surface area contributed by atoms with Crippen molar-refractivity contribution >= 4 is 12.2 Å². The molecule has 6 nitrogen and oxygen atoms in total. The first-order valence-corrected chi connectivity index (χ1v) is 6.64. The Hall–Kier alpha value is -2.08. The fraction of sp³-hybridized carbons (Fsp3) is 0.357. The summed E-state index contributed by atoms with van der Waals surface area (Å²) in [5.41, 5.74) is 7.65. The van der Waals surface area contributed by atoms with Gasteiger partial charge in [-0.25, -0.2) is 0 Å². The number of nitrogen functional groups attached to an aromatic ring is 1. The van der Waals surface area contributed by atoms with Crippen LogP contribution in [-0.4, -0.2) is 16.4 Å². The molecule has 0 atom stereocenters. The molecule has 0 amide bonds. The van der Waals surface area contributed by atoms with Gasteiger partial charge in [0.05, 0.1) is 6.21 Å². The average Bonchev–Trinajstić information content (AvgIpc) is 2.76. The summed E-state index contributed by atoms with van der Waals surface area (Å²) in [6.07, 6.45) is 2.56. The molecule has 0 spiro atoms. The highest BCUT2D eigenvalue weighted by molar-refractivity contribution is 5.82. The molecule has 0 saturated carbocycles. The third-order valence-electron chi connectivity index (χ3n) is 3.40. The van der Waals surface area contributed by atoms with E-state index in [0.717, 1.165) is 17.8 Å². The first-order valence-electron chi connectivity index (χ1n) is 6.64. The van der Waals surface area contributed by atoms with Crippen molar-refractivity contribution in [2.75, 3.05) is 11.3 Å². The molecule has 1 aromatic heterocycles. The highest BCUT2D eigenvalue weighted by Gasteiger charge is 2.14. The Balaban J connectivity index is 0.00000220. The molecule has 0 aliphatic heterocycles. The smallest absolute Gasteiger partial charge is 0.421 e. The SMILES string of the molecule is CCc1[nH]nc(NN=Cc2cc(C)c(C)cc2C)[n+]1N.[Cl-]. The van der Waals surface area contributed by atoms with E-state index < -0.39 is 0 Å². The van der Waals surface area contributed by atoms with Crippen LogP contribution in [0.5, 0.6) is 0 Å². The topological polar surface area (TPSA) is 83.0 Å². The lowest BCUT2D eigenvalue weighted by Gasteiger charge is -2.05. The molecule has 0 unspecified atom stereocenters. The van der Waals surface area contributed by atoms with Gasteiger partial charge in [0.15, 0.2) is 0 Å². The first kappa shape index (κ1) is 17.0. The zero-order valence-electron chi connectivity index (χ0n) is 12.7. The number of hydrogen-bond acceptors (Lipinski definition) is 4. The molecule has 0 bridgehead atoms. The van der Waals surface area contributed by atoms with Crippen molar-refractivity contribution in [1.29, 1.82) is 0 Å². The van der Waals surface area contributed by atoms with Gasteiger partial charge >= 0.3 is 5.95 Å². The summed E-state index contributed by atoms with van der Waals surface area (Å²) in [6, 6.07) is 4.28. The minimum absolute atomic E-state index is 0. The van der Waals surface area contributed by atoms with Crippen molar-refractivity contribution in [3.8, 4) is 0 Å². The van der Waals surface area contributed by atoms with E-state index in [2.05, 4.69) is 53.6 Å². The summed E-state index contributed by atoms with van der Waals surface area (Å²) in [5.74, 6) is 7.18. The molecule has 0 fully saturated rings. The van der Waals surface area contributed by atoms with Crippen molar-refractivity contribution in [2.24, 2.45) is 5.10 Å². The molecule has 4 N–H and O–H groups in total. The lowest BCUT2D eigenvalue weighted by Crippen LogP contribution is -3.00. The summed E-state index contributed by atoms with van der Waals surface area (Å²) in [4.78, 5) is 0. The number of nitrogens with two attached hydrogens (primary N) is 1. The van der Waals surface area contributed by atoms with Crippen molar-refractivity contribution in [3.63, 3.8) is 0 Å². The van der Waals surface area contributed by atoms with Crippen LogP contribution in [0.1, 0.15) is 35.0 Å². The number of H-pyrrole nitrogens is 1. The first-order chi connectivity index (χ1) is 9.52. The van der Waals surface area contributed by atoms with Gasteiger partial charge in [0.1, 0.15) is 0 Å². The number of anilines is 1. The van der Waals surface area contributed by atoms with Gasteiger partial charge in [-0.2, -0.15) is 10.5 Å². The van der Waals surface area contributed by atoms with Crippen LogP contribution in [0.15, 0.2) is 17.2 Å². The van der Waals surface area contributed by atoms with E-state index >= 15 is 0 Å². The number of hydrogen-bond donors (Lipinski definition) is 3. The Kier molecular flexibility index (Phi) is 5.72. The maximum Gasteiger partial charge on any atom is 0.421 e. The van der Waals surface area contributed by atoms with Crippen LogP contribution in [0.4, 0.5) is 5.95 Å². The van der Waals surface area contributed by atoms with Gasteiger partial charge in [-0.05, 0) is 49.1 Å². The third-order valence-corrected chi connectivity index (χ3v) is 3.40. The van der Waals surface area contributed by atoms with E-state index in [1.807, 2.05) is 6.92 Å². The standard InChI is InChI=1S/C14H20N6.ClH/c1-5-13-17-19-14(20(13)15)18-16-8-12-7-10(3)9(2)6-11(12)4;/h6-8H,5,15H2,1-4H3,(H,18,19);1H. The van der Waals surface area contributed by atoms with Gasteiger partial charge in [0, 0.05) is 11.5 Å².